The summed E-state index contributed by atoms with van der Waals surface area (Å²) in [4.78, 5) is 46.6. The third-order valence-corrected chi connectivity index (χ3v) is 7.50. The Labute approximate surface area is 231 Å². The van der Waals surface area contributed by atoms with E-state index in [1.807, 2.05) is 65.6 Å². The molecule has 0 radical (unpaired) electrons. The van der Waals surface area contributed by atoms with E-state index in [1.165, 1.54) is 4.90 Å². The highest BCUT2D eigenvalue weighted by Crippen LogP contribution is 2.37. The quantitative estimate of drug-likeness (QED) is 0.384. The summed E-state index contributed by atoms with van der Waals surface area (Å²) in [7, 11) is 0. The van der Waals surface area contributed by atoms with E-state index in [-0.39, 0.29) is 31.7 Å². The Morgan fingerprint density at radius 3 is 1.87 bits per heavy atom. The summed E-state index contributed by atoms with van der Waals surface area (Å²) in [5.74, 6) is -1.10. The first-order chi connectivity index (χ1) is 19.0. The molecule has 0 aromatic heterocycles. The van der Waals surface area contributed by atoms with Crippen LogP contribution in [0.2, 0.25) is 0 Å². The summed E-state index contributed by atoms with van der Waals surface area (Å²) in [6, 6.07) is 13.7. The molecule has 8 nitrogen and oxygen atoms in total. The molecule has 1 saturated heterocycles. The minimum atomic E-state index is -1.11. The predicted octanol–water partition coefficient (Wildman–Crippen LogP) is 6.30. The fraction of sp³-hybridized carbons (Fsp3) is 0.452. The van der Waals surface area contributed by atoms with Gasteiger partial charge in [-0.3, -0.25) is 4.90 Å². The van der Waals surface area contributed by atoms with Gasteiger partial charge in [-0.15, -0.1) is 0 Å². The summed E-state index contributed by atoms with van der Waals surface area (Å²) in [5.41, 5.74) is 3.29. The molecule has 0 unspecified atom stereocenters. The molecule has 1 atom stereocenters. The number of nitrogens with zero attached hydrogens (tertiary/aromatic N) is 4. The molecular formula is C31H40N4O4. The van der Waals surface area contributed by atoms with Gasteiger partial charge in [-0.25, -0.2) is 14.4 Å². The number of urea groups is 2. The SMILES string of the molecule is CCCCCN(CCCCC)C(=O)N1CCN(C(=O)N2c3ccccc3C=Cc3ccccc32)C[C@H]1C(=O)O. The van der Waals surface area contributed by atoms with Gasteiger partial charge in [0.2, 0.25) is 0 Å². The van der Waals surface area contributed by atoms with Crippen LogP contribution in [0.4, 0.5) is 21.0 Å². The third kappa shape index (κ3) is 6.44. The summed E-state index contributed by atoms with van der Waals surface area (Å²) >= 11 is 0. The molecule has 0 aliphatic carbocycles. The van der Waals surface area contributed by atoms with Crippen molar-refractivity contribution in [2.45, 2.75) is 58.4 Å². The normalized spacial score (nSPS) is 16.4. The van der Waals surface area contributed by atoms with E-state index in [4.69, 9.17) is 0 Å². The van der Waals surface area contributed by atoms with Crippen molar-refractivity contribution >= 4 is 41.6 Å². The first-order valence-electron chi connectivity index (χ1n) is 14.2. The molecule has 2 aliphatic heterocycles. The second-order valence-corrected chi connectivity index (χ2v) is 10.2. The van der Waals surface area contributed by atoms with Crippen molar-refractivity contribution in [1.82, 2.24) is 14.7 Å². The van der Waals surface area contributed by atoms with Crippen molar-refractivity contribution in [1.29, 1.82) is 0 Å². The molecule has 1 N–H and O–H groups in total. The van der Waals surface area contributed by atoms with Gasteiger partial charge in [0, 0.05) is 26.2 Å². The minimum absolute atomic E-state index is 0.0636. The number of carbonyl (C=O) groups is 3. The largest absolute Gasteiger partial charge is 0.480 e. The zero-order valence-corrected chi connectivity index (χ0v) is 23.1. The van der Waals surface area contributed by atoms with Crippen LogP contribution in [0.1, 0.15) is 63.5 Å². The average molecular weight is 533 g/mol. The highest BCUT2D eigenvalue weighted by molar-refractivity contribution is 6.05. The van der Waals surface area contributed by atoms with Crippen LogP contribution >= 0.6 is 0 Å². The van der Waals surface area contributed by atoms with Crippen molar-refractivity contribution in [3.8, 4) is 0 Å². The van der Waals surface area contributed by atoms with Crippen LogP contribution in [0, 0.1) is 0 Å². The molecule has 2 aliphatic rings. The lowest BCUT2D eigenvalue weighted by atomic mass is 10.1. The molecule has 0 bridgehead atoms. The lowest BCUT2D eigenvalue weighted by Crippen LogP contribution is -2.63. The van der Waals surface area contributed by atoms with Gasteiger partial charge < -0.3 is 19.8 Å². The molecule has 2 heterocycles. The number of aliphatic carboxylic acids is 1. The molecular weight excluding hydrogens is 492 g/mol. The minimum Gasteiger partial charge on any atom is -0.480 e. The maximum absolute atomic E-state index is 14.1. The number of hydrogen-bond donors (Lipinski definition) is 1. The van der Waals surface area contributed by atoms with Crippen molar-refractivity contribution in [2.75, 3.05) is 37.6 Å². The molecule has 0 spiro atoms. The zero-order valence-electron chi connectivity index (χ0n) is 23.1. The Kier molecular flexibility index (Phi) is 9.63. The van der Waals surface area contributed by atoms with Crippen LogP contribution in [0.15, 0.2) is 48.5 Å². The molecule has 0 saturated carbocycles. The van der Waals surface area contributed by atoms with Crippen molar-refractivity contribution < 1.29 is 19.5 Å². The highest BCUT2D eigenvalue weighted by Gasteiger charge is 2.40. The fourth-order valence-electron chi connectivity index (χ4n) is 5.31. The maximum atomic E-state index is 14.1. The van der Waals surface area contributed by atoms with Gasteiger partial charge in [-0.05, 0) is 36.1 Å². The van der Waals surface area contributed by atoms with Crippen molar-refractivity contribution in [3.63, 3.8) is 0 Å². The number of piperazine rings is 1. The van der Waals surface area contributed by atoms with Gasteiger partial charge in [-0.2, -0.15) is 0 Å². The van der Waals surface area contributed by atoms with E-state index in [0.717, 1.165) is 61.0 Å². The van der Waals surface area contributed by atoms with E-state index < -0.39 is 12.0 Å². The number of para-hydroxylation sites is 2. The van der Waals surface area contributed by atoms with E-state index in [1.54, 1.807) is 9.80 Å². The molecule has 2 aromatic carbocycles. The van der Waals surface area contributed by atoms with E-state index in [9.17, 15) is 19.5 Å². The number of anilines is 2. The molecule has 4 amide bonds. The van der Waals surface area contributed by atoms with Crippen molar-refractivity contribution in [3.05, 3.63) is 59.7 Å². The van der Waals surface area contributed by atoms with E-state index in [2.05, 4.69) is 13.8 Å². The number of rotatable bonds is 9. The summed E-state index contributed by atoms with van der Waals surface area (Å²) in [6.45, 7) is 5.86. The number of carboxylic acid groups (broad SMARTS) is 1. The highest BCUT2D eigenvalue weighted by atomic mass is 16.4. The number of unbranched alkanes of at least 4 members (excludes halogenated alkanes) is 4. The molecule has 39 heavy (non-hydrogen) atoms. The topological polar surface area (TPSA) is 84.4 Å². The van der Waals surface area contributed by atoms with Gasteiger partial charge in [0.05, 0.1) is 17.9 Å². The second-order valence-electron chi connectivity index (χ2n) is 10.2. The molecule has 208 valence electrons. The van der Waals surface area contributed by atoms with Gasteiger partial charge >= 0.3 is 18.0 Å². The summed E-state index contributed by atoms with van der Waals surface area (Å²) in [5, 5.41) is 10.2. The number of benzene rings is 2. The van der Waals surface area contributed by atoms with E-state index >= 15 is 0 Å². The second kappa shape index (κ2) is 13.3. The Bertz CT molecular complexity index is 1140. The third-order valence-electron chi connectivity index (χ3n) is 7.50. The number of carboxylic acids is 1. The summed E-state index contributed by atoms with van der Waals surface area (Å²) < 4.78 is 0. The van der Waals surface area contributed by atoms with E-state index in [0.29, 0.717) is 13.1 Å². The van der Waals surface area contributed by atoms with Gasteiger partial charge in [-0.1, -0.05) is 88.1 Å². The fourth-order valence-corrected chi connectivity index (χ4v) is 5.31. The lowest BCUT2D eigenvalue weighted by molar-refractivity contribution is -0.144. The Morgan fingerprint density at radius 2 is 1.36 bits per heavy atom. The molecule has 4 rings (SSSR count). The van der Waals surface area contributed by atoms with Crippen molar-refractivity contribution in [2.24, 2.45) is 0 Å². The molecule has 2 aromatic rings. The first-order valence-corrected chi connectivity index (χ1v) is 14.2. The average Bonchev–Trinajstić information content (AvgIpc) is 3.12. The van der Waals surface area contributed by atoms with Gasteiger partial charge in [0.1, 0.15) is 6.04 Å². The zero-order chi connectivity index (χ0) is 27.8. The Balaban J connectivity index is 1.56. The van der Waals surface area contributed by atoms with Crippen LogP contribution in [0.25, 0.3) is 12.2 Å². The number of hydrogen-bond acceptors (Lipinski definition) is 3. The Morgan fingerprint density at radius 1 is 0.821 bits per heavy atom. The van der Waals surface area contributed by atoms with Crippen LogP contribution in [-0.4, -0.2) is 76.6 Å². The number of carbonyl (C=O) groups excluding carboxylic acids is 2. The standard InChI is InChI=1S/C31H40N4O4/c1-3-5-11-19-32(20-12-6-4-2)30(38)34-22-21-33(23-28(34)29(36)37)31(39)35-26-15-9-7-13-24(26)17-18-25-14-8-10-16-27(25)35/h7-10,13-18,28H,3-6,11-12,19-23H2,1-2H3,(H,36,37)/t28-/m0/s1. The monoisotopic (exact) mass is 532 g/mol. The van der Waals surface area contributed by atoms with Gasteiger partial charge in [0.25, 0.3) is 0 Å². The number of amides is 4. The first kappa shape index (κ1) is 28.2. The van der Waals surface area contributed by atoms with Crippen LogP contribution < -0.4 is 4.90 Å². The summed E-state index contributed by atoms with van der Waals surface area (Å²) in [6.07, 6.45) is 9.92. The molecule has 1 fully saturated rings. The smallest absolute Gasteiger partial charge is 0.329 e. The van der Waals surface area contributed by atoms with Crippen LogP contribution in [0.3, 0.4) is 0 Å². The van der Waals surface area contributed by atoms with Crippen LogP contribution in [0.5, 0.6) is 0 Å². The van der Waals surface area contributed by atoms with Crippen LogP contribution in [-0.2, 0) is 4.79 Å². The maximum Gasteiger partial charge on any atom is 0.329 e. The predicted molar refractivity (Wildman–Crippen MR) is 155 cm³/mol. The lowest BCUT2D eigenvalue weighted by Gasteiger charge is -2.42. The Hall–Kier alpha value is -3.81. The molecule has 8 heteroatoms. The van der Waals surface area contributed by atoms with Gasteiger partial charge in [0.15, 0.2) is 0 Å². The number of fused-ring (bicyclic) bond motifs is 2.